The molecule has 0 spiro atoms. The number of carbonyl (C=O) groups is 1. The minimum atomic E-state index is -0.815. The molecule has 18 heavy (non-hydrogen) atoms. The van der Waals surface area contributed by atoms with E-state index < -0.39 is 22.9 Å². The molecule has 1 rings (SSSR count). The fourth-order valence-corrected chi connectivity index (χ4v) is 1.26. The third-order valence-electron chi connectivity index (χ3n) is 1.97. The van der Waals surface area contributed by atoms with Gasteiger partial charge >= 0.3 is 11.8 Å². The minimum Gasteiger partial charge on any atom is -0.443 e. The maximum Gasteiger partial charge on any atom is 0.422 e. The summed E-state index contributed by atoms with van der Waals surface area (Å²) in [6.45, 7) is 8.56. The highest BCUT2D eigenvalue weighted by atomic mass is 16.6. The highest BCUT2D eigenvalue weighted by molar-refractivity contribution is 5.70. The third kappa shape index (κ3) is 3.19. The fourth-order valence-electron chi connectivity index (χ4n) is 1.26. The molecular formula is C12H16N2O4. The Hall–Kier alpha value is -2.11. The number of allylic oxidation sites excluding steroid dienone is 1. The van der Waals surface area contributed by atoms with Crippen LogP contribution in [0.25, 0.3) is 0 Å². The van der Waals surface area contributed by atoms with Crippen molar-refractivity contribution in [2.75, 3.05) is 0 Å². The van der Waals surface area contributed by atoms with E-state index in [0.29, 0.717) is 0 Å². The van der Waals surface area contributed by atoms with Gasteiger partial charge in [-0.2, -0.15) is 0 Å². The van der Waals surface area contributed by atoms with E-state index in [-0.39, 0.29) is 6.54 Å². The van der Waals surface area contributed by atoms with Crippen molar-refractivity contribution in [2.45, 2.75) is 32.9 Å². The third-order valence-corrected chi connectivity index (χ3v) is 1.97. The van der Waals surface area contributed by atoms with Gasteiger partial charge in [-0.25, -0.2) is 14.2 Å². The number of nitrogens with zero attached hydrogens (tertiary/aromatic N) is 2. The summed E-state index contributed by atoms with van der Waals surface area (Å²) < 4.78 is 6.72. The second-order valence-electron chi connectivity index (χ2n) is 4.69. The predicted octanol–water partition coefficient (Wildman–Crippen LogP) is 0.979. The first-order valence-electron chi connectivity index (χ1n) is 5.43. The van der Waals surface area contributed by atoms with Crippen LogP contribution in [-0.4, -0.2) is 20.8 Å². The lowest BCUT2D eigenvalue weighted by atomic mass is 10.2. The summed E-state index contributed by atoms with van der Waals surface area (Å²) in [5.41, 5.74) is -1.94. The van der Waals surface area contributed by atoms with E-state index in [9.17, 15) is 14.4 Å². The van der Waals surface area contributed by atoms with Crippen molar-refractivity contribution >= 4 is 6.09 Å². The largest absolute Gasteiger partial charge is 0.443 e. The zero-order valence-electron chi connectivity index (χ0n) is 10.7. The Morgan fingerprint density at radius 2 is 2.06 bits per heavy atom. The number of hydrogen-bond acceptors (Lipinski definition) is 4. The zero-order chi connectivity index (χ0) is 13.9. The molecule has 0 atom stereocenters. The summed E-state index contributed by atoms with van der Waals surface area (Å²) in [7, 11) is 0. The molecule has 0 bridgehead atoms. The first-order valence-corrected chi connectivity index (χ1v) is 5.43. The highest BCUT2D eigenvalue weighted by Gasteiger charge is 2.19. The van der Waals surface area contributed by atoms with E-state index in [0.717, 1.165) is 21.4 Å². The van der Waals surface area contributed by atoms with Crippen LogP contribution in [0, 0.1) is 0 Å². The molecule has 0 aliphatic rings. The van der Waals surface area contributed by atoms with Crippen molar-refractivity contribution in [2.24, 2.45) is 0 Å². The Kier molecular flexibility index (Phi) is 3.90. The van der Waals surface area contributed by atoms with Crippen LogP contribution in [0.15, 0.2) is 34.5 Å². The van der Waals surface area contributed by atoms with Crippen molar-refractivity contribution in [3.05, 3.63) is 45.8 Å². The number of aromatic nitrogens is 2. The predicted molar refractivity (Wildman–Crippen MR) is 66.8 cm³/mol. The highest BCUT2D eigenvalue weighted by Crippen LogP contribution is 2.07. The first-order chi connectivity index (χ1) is 8.26. The quantitative estimate of drug-likeness (QED) is 0.736. The average Bonchev–Trinajstić information content (AvgIpc) is 2.21. The van der Waals surface area contributed by atoms with Gasteiger partial charge in [0.15, 0.2) is 0 Å². The van der Waals surface area contributed by atoms with Gasteiger partial charge < -0.3 is 4.74 Å². The van der Waals surface area contributed by atoms with Gasteiger partial charge in [0, 0.05) is 18.8 Å². The molecule has 98 valence electrons. The number of carbonyl (C=O) groups excluding carboxylic acids is 1. The van der Waals surface area contributed by atoms with Crippen molar-refractivity contribution in [1.29, 1.82) is 0 Å². The molecule has 0 unspecified atom stereocenters. The van der Waals surface area contributed by atoms with E-state index in [1.54, 1.807) is 20.8 Å². The van der Waals surface area contributed by atoms with E-state index in [1.807, 2.05) is 0 Å². The summed E-state index contributed by atoms with van der Waals surface area (Å²) in [5.74, 6) is 0. The number of ether oxygens (including phenoxy) is 1. The van der Waals surface area contributed by atoms with Crippen LogP contribution >= 0.6 is 0 Å². The van der Waals surface area contributed by atoms with Crippen molar-refractivity contribution in [3.8, 4) is 0 Å². The molecule has 1 aromatic heterocycles. The second-order valence-corrected chi connectivity index (χ2v) is 4.69. The van der Waals surface area contributed by atoms with Gasteiger partial charge in [0.25, 0.3) is 5.56 Å². The molecule has 1 heterocycles. The smallest absolute Gasteiger partial charge is 0.422 e. The molecule has 0 saturated heterocycles. The van der Waals surface area contributed by atoms with E-state index >= 15 is 0 Å². The Balaban J connectivity index is 3.23. The van der Waals surface area contributed by atoms with Gasteiger partial charge in [-0.05, 0) is 20.8 Å². The normalized spacial score (nSPS) is 11.1. The molecule has 0 fully saturated rings. The monoisotopic (exact) mass is 252 g/mol. The molecular weight excluding hydrogens is 236 g/mol. The number of hydrogen-bond donors (Lipinski definition) is 0. The fraction of sp³-hybridized carbons (Fsp3) is 0.417. The lowest BCUT2D eigenvalue weighted by Gasteiger charge is -2.19. The van der Waals surface area contributed by atoms with E-state index in [4.69, 9.17) is 4.74 Å². The SMILES string of the molecule is C=CCn1c(=O)ccn(C(=O)OC(C)(C)C)c1=O. The Bertz CT molecular complexity index is 575. The molecule has 6 heteroatoms. The molecule has 1 aromatic rings. The van der Waals surface area contributed by atoms with Crippen LogP contribution in [-0.2, 0) is 11.3 Å². The molecule has 0 aliphatic carbocycles. The molecule has 6 nitrogen and oxygen atoms in total. The van der Waals surface area contributed by atoms with Gasteiger partial charge in [0.1, 0.15) is 5.60 Å². The zero-order valence-corrected chi connectivity index (χ0v) is 10.7. The van der Waals surface area contributed by atoms with Gasteiger partial charge in [0.05, 0.1) is 0 Å². The lowest BCUT2D eigenvalue weighted by Crippen LogP contribution is -2.42. The summed E-state index contributed by atoms with van der Waals surface area (Å²) >= 11 is 0. The lowest BCUT2D eigenvalue weighted by molar-refractivity contribution is 0.0525. The molecule has 0 N–H and O–H groups in total. The molecule has 0 aromatic carbocycles. The number of rotatable bonds is 2. The van der Waals surface area contributed by atoms with Crippen molar-refractivity contribution in [3.63, 3.8) is 0 Å². The van der Waals surface area contributed by atoms with Crippen LogP contribution in [0.3, 0.4) is 0 Å². The Morgan fingerprint density at radius 3 is 2.56 bits per heavy atom. The van der Waals surface area contributed by atoms with E-state index in [1.165, 1.54) is 6.08 Å². The molecule has 0 amide bonds. The average molecular weight is 252 g/mol. The summed E-state index contributed by atoms with van der Waals surface area (Å²) in [4.78, 5) is 35.1. The van der Waals surface area contributed by atoms with Crippen LogP contribution in [0.1, 0.15) is 20.8 Å². The van der Waals surface area contributed by atoms with Crippen molar-refractivity contribution < 1.29 is 9.53 Å². The maximum atomic E-state index is 11.9. The second kappa shape index (κ2) is 5.03. The maximum absolute atomic E-state index is 11.9. The summed E-state index contributed by atoms with van der Waals surface area (Å²) in [6.07, 6.45) is 1.70. The van der Waals surface area contributed by atoms with Crippen LogP contribution < -0.4 is 11.2 Å². The molecule has 0 radical (unpaired) electrons. The summed E-state index contributed by atoms with van der Waals surface area (Å²) in [5, 5.41) is 0. The first kappa shape index (κ1) is 14.0. The topological polar surface area (TPSA) is 70.3 Å². The Labute approximate surface area is 104 Å². The van der Waals surface area contributed by atoms with Crippen LogP contribution in [0.2, 0.25) is 0 Å². The standard InChI is InChI=1S/C12H16N2O4/c1-5-7-13-9(15)6-8-14(10(13)16)11(17)18-12(2,3)4/h5-6,8H,1,7H2,2-4H3. The van der Waals surface area contributed by atoms with Gasteiger partial charge in [-0.1, -0.05) is 6.08 Å². The Morgan fingerprint density at radius 1 is 1.44 bits per heavy atom. The molecule has 0 saturated carbocycles. The van der Waals surface area contributed by atoms with Crippen LogP contribution in [0.5, 0.6) is 0 Å². The minimum absolute atomic E-state index is 0.0430. The summed E-state index contributed by atoms with van der Waals surface area (Å²) in [6, 6.07) is 1.13. The molecule has 0 aliphatic heterocycles. The van der Waals surface area contributed by atoms with E-state index in [2.05, 4.69) is 6.58 Å². The van der Waals surface area contributed by atoms with Gasteiger partial charge in [0.2, 0.25) is 0 Å². The van der Waals surface area contributed by atoms with Gasteiger partial charge in [-0.15, -0.1) is 6.58 Å². The van der Waals surface area contributed by atoms with Crippen molar-refractivity contribution in [1.82, 2.24) is 9.13 Å². The van der Waals surface area contributed by atoms with Crippen LogP contribution in [0.4, 0.5) is 4.79 Å². The van der Waals surface area contributed by atoms with Gasteiger partial charge in [-0.3, -0.25) is 9.36 Å².